The van der Waals surface area contributed by atoms with Crippen LogP contribution in [-0.2, 0) is 4.74 Å². The van der Waals surface area contributed by atoms with E-state index in [9.17, 15) is 4.79 Å². The van der Waals surface area contributed by atoms with Gasteiger partial charge in [0.1, 0.15) is 16.4 Å². The molecule has 2 aliphatic carbocycles. The Bertz CT molecular complexity index is 557. The summed E-state index contributed by atoms with van der Waals surface area (Å²) < 4.78 is 6.46. The van der Waals surface area contributed by atoms with Crippen molar-refractivity contribution in [1.82, 2.24) is 4.98 Å². The van der Waals surface area contributed by atoms with Crippen molar-refractivity contribution in [3.8, 4) is 0 Å². The summed E-state index contributed by atoms with van der Waals surface area (Å²) >= 11 is 3.29. The number of esters is 1. The standard InChI is InChI=1S/C16H20BrNO2/c1-15(2)10-7-8-16(15,3)12(9-10)20-14(19)11-5-4-6-13(17)18-11/h4-6,10,12H,7-9H2,1-3H3. The lowest BCUT2D eigenvalue weighted by atomic mass is 9.70. The van der Waals surface area contributed by atoms with Crippen LogP contribution in [0.2, 0.25) is 0 Å². The van der Waals surface area contributed by atoms with E-state index in [1.54, 1.807) is 18.2 Å². The number of aromatic nitrogens is 1. The average molecular weight is 338 g/mol. The predicted octanol–water partition coefficient (Wildman–Crippen LogP) is 4.22. The van der Waals surface area contributed by atoms with Gasteiger partial charge in [0.2, 0.25) is 0 Å². The third-order valence-electron chi connectivity index (χ3n) is 5.89. The second-order valence-electron chi connectivity index (χ2n) is 6.85. The number of nitrogens with zero attached hydrogens (tertiary/aromatic N) is 1. The first-order chi connectivity index (χ1) is 9.34. The third-order valence-corrected chi connectivity index (χ3v) is 6.33. The molecular weight excluding hydrogens is 318 g/mol. The predicted molar refractivity (Wildman–Crippen MR) is 80.4 cm³/mol. The van der Waals surface area contributed by atoms with Crippen molar-refractivity contribution in [2.24, 2.45) is 16.7 Å². The van der Waals surface area contributed by atoms with Crippen molar-refractivity contribution < 1.29 is 9.53 Å². The fraction of sp³-hybridized carbons (Fsp3) is 0.625. The molecule has 2 bridgehead atoms. The molecule has 2 fully saturated rings. The molecule has 3 nitrogen and oxygen atoms in total. The van der Waals surface area contributed by atoms with Crippen LogP contribution in [0.15, 0.2) is 22.8 Å². The minimum absolute atomic E-state index is 0.0181. The monoisotopic (exact) mass is 337 g/mol. The smallest absolute Gasteiger partial charge is 0.357 e. The van der Waals surface area contributed by atoms with Gasteiger partial charge >= 0.3 is 5.97 Å². The quantitative estimate of drug-likeness (QED) is 0.599. The van der Waals surface area contributed by atoms with E-state index < -0.39 is 0 Å². The van der Waals surface area contributed by atoms with Gasteiger partial charge in [-0.2, -0.15) is 0 Å². The highest BCUT2D eigenvalue weighted by Gasteiger charge is 2.62. The van der Waals surface area contributed by atoms with Gasteiger partial charge in [-0.25, -0.2) is 9.78 Å². The molecule has 1 aromatic heterocycles. The molecule has 108 valence electrons. The van der Waals surface area contributed by atoms with Crippen molar-refractivity contribution in [3.05, 3.63) is 28.5 Å². The Balaban J connectivity index is 1.78. The lowest BCUT2D eigenvalue weighted by Gasteiger charge is -2.38. The van der Waals surface area contributed by atoms with Crippen LogP contribution >= 0.6 is 15.9 Å². The van der Waals surface area contributed by atoms with E-state index in [-0.39, 0.29) is 22.9 Å². The summed E-state index contributed by atoms with van der Waals surface area (Å²) in [5, 5.41) is 0. The highest BCUT2D eigenvalue weighted by atomic mass is 79.9. The van der Waals surface area contributed by atoms with Crippen molar-refractivity contribution >= 4 is 21.9 Å². The summed E-state index contributed by atoms with van der Waals surface area (Å²) in [5.41, 5.74) is 0.727. The lowest BCUT2D eigenvalue weighted by Crippen LogP contribution is -2.38. The van der Waals surface area contributed by atoms with Crippen molar-refractivity contribution in [2.45, 2.75) is 46.1 Å². The molecule has 0 N–H and O–H groups in total. The van der Waals surface area contributed by atoms with E-state index in [1.165, 1.54) is 6.42 Å². The minimum atomic E-state index is -0.305. The van der Waals surface area contributed by atoms with Crippen molar-refractivity contribution in [2.75, 3.05) is 0 Å². The van der Waals surface area contributed by atoms with Crippen LogP contribution in [0.5, 0.6) is 0 Å². The van der Waals surface area contributed by atoms with Crippen molar-refractivity contribution in [3.63, 3.8) is 0 Å². The fourth-order valence-electron chi connectivity index (χ4n) is 4.02. The van der Waals surface area contributed by atoms with E-state index in [4.69, 9.17) is 4.74 Å². The highest BCUT2D eigenvalue weighted by molar-refractivity contribution is 9.10. The van der Waals surface area contributed by atoms with Crippen LogP contribution in [0.1, 0.15) is 50.5 Å². The number of pyridine rings is 1. The molecule has 2 aliphatic rings. The number of carbonyl (C=O) groups is 1. The molecule has 0 saturated heterocycles. The first-order valence-electron chi connectivity index (χ1n) is 7.18. The van der Waals surface area contributed by atoms with Gasteiger partial charge in [0.05, 0.1) is 0 Å². The molecule has 0 aliphatic heterocycles. The Morgan fingerprint density at radius 3 is 2.70 bits per heavy atom. The number of rotatable bonds is 2. The second kappa shape index (κ2) is 4.55. The maximum Gasteiger partial charge on any atom is 0.357 e. The topological polar surface area (TPSA) is 39.2 Å². The number of ether oxygens (including phenoxy) is 1. The molecule has 0 aromatic carbocycles. The number of halogens is 1. The van der Waals surface area contributed by atoms with Crippen molar-refractivity contribution in [1.29, 1.82) is 0 Å². The second-order valence-corrected chi connectivity index (χ2v) is 7.66. The van der Waals surface area contributed by atoms with Gasteiger partial charge in [-0.3, -0.25) is 0 Å². The molecule has 0 radical (unpaired) electrons. The van der Waals surface area contributed by atoms with E-state index in [1.807, 2.05) is 0 Å². The molecule has 1 heterocycles. The SMILES string of the molecule is CC1(C)C2CCC1(C)C(OC(=O)c1cccc(Br)n1)C2. The number of fused-ring (bicyclic) bond motifs is 2. The minimum Gasteiger partial charge on any atom is -0.457 e. The van der Waals surface area contributed by atoms with Crippen LogP contribution in [0, 0.1) is 16.7 Å². The molecular formula is C16H20BrNO2. The van der Waals surface area contributed by atoms with Gasteiger partial charge < -0.3 is 4.74 Å². The average Bonchev–Trinajstić information content (AvgIpc) is 2.72. The Morgan fingerprint density at radius 2 is 2.15 bits per heavy atom. The molecule has 3 unspecified atom stereocenters. The van der Waals surface area contributed by atoms with Gasteiger partial charge in [-0.15, -0.1) is 0 Å². The molecule has 1 aromatic rings. The highest BCUT2D eigenvalue weighted by Crippen LogP contribution is 2.66. The Morgan fingerprint density at radius 1 is 1.40 bits per heavy atom. The zero-order valence-corrected chi connectivity index (χ0v) is 13.7. The van der Waals surface area contributed by atoms with Crippen LogP contribution in [-0.4, -0.2) is 17.1 Å². The Kier molecular flexibility index (Phi) is 3.20. The number of hydrogen-bond donors (Lipinski definition) is 0. The zero-order valence-electron chi connectivity index (χ0n) is 12.1. The largest absolute Gasteiger partial charge is 0.457 e. The summed E-state index contributed by atoms with van der Waals surface area (Å²) in [6, 6.07) is 5.31. The van der Waals surface area contributed by atoms with Crippen LogP contribution in [0.4, 0.5) is 0 Å². The molecule has 0 spiro atoms. The van der Waals surface area contributed by atoms with E-state index in [0.29, 0.717) is 16.2 Å². The summed E-state index contributed by atoms with van der Waals surface area (Å²) in [7, 11) is 0. The summed E-state index contributed by atoms with van der Waals surface area (Å²) in [5.74, 6) is 0.363. The van der Waals surface area contributed by atoms with Gasteiger partial charge in [0, 0.05) is 5.41 Å². The first kappa shape index (κ1) is 14.1. The number of carbonyl (C=O) groups excluding carboxylic acids is 1. The molecule has 3 rings (SSSR count). The normalized spacial score (nSPS) is 34.2. The zero-order chi connectivity index (χ0) is 14.5. The van der Waals surface area contributed by atoms with E-state index in [2.05, 4.69) is 41.7 Å². The molecule has 0 amide bonds. The third kappa shape index (κ3) is 1.92. The molecule has 2 saturated carbocycles. The Labute approximate surface area is 128 Å². The summed E-state index contributed by atoms with van der Waals surface area (Å²) in [4.78, 5) is 16.5. The van der Waals surface area contributed by atoms with Crippen LogP contribution < -0.4 is 0 Å². The lowest BCUT2D eigenvalue weighted by molar-refractivity contribution is -0.0247. The van der Waals surface area contributed by atoms with Gasteiger partial charge in [-0.05, 0) is 58.7 Å². The van der Waals surface area contributed by atoms with Gasteiger partial charge in [0.15, 0.2) is 0 Å². The van der Waals surface area contributed by atoms with Gasteiger partial charge in [-0.1, -0.05) is 26.8 Å². The summed E-state index contributed by atoms with van der Waals surface area (Å²) in [6.07, 6.45) is 3.41. The van der Waals surface area contributed by atoms with Crippen LogP contribution in [0.3, 0.4) is 0 Å². The fourth-order valence-corrected chi connectivity index (χ4v) is 4.36. The molecule has 20 heavy (non-hydrogen) atoms. The van der Waals surface area contributed by atoms with E-state index >= 15 is 0 Å². The summed E-state index contributed by atoms with van der Waals surface area (Å²) in [6.45, 7) is 6.90. The van der Waals surface area contributed by atoms with Gasteiger partial charge in [0.25, 0.3) is 0 Å². The molecule has 4 heteroatoms. The number of hydrogen-bond acceptors (Lipinski definition) is 3. The van der Waals surface area contributed by atoms with E-state index in [0.717, 1.165) is 12.8 Å². The first-order valence-corrected chi connectivity index (χ1v) is 7.97. The molecule has 3 atom stereocenters. The Hall–Kier alpha value is -0.900. The maximum absolute atomic E-state index is 12.3. The maximum atomic E-state index is 12.3. The van der Waals surface area contributed by atoms with Crippen LogP contribution in [0.25, 0.3) is 0 Å².